The second kappa shape index (κ2) is 8.76. The maximum Gasteiger partial charge on any atom is 0.165 e. The van der Waals surface area contributed by atoms with Crippen LogP contribution in [-0.4, -0.2) is 42.5 Å². The van der Waals surface area contributed by atoms with Gasteiger partial charge in [-0.3, -0.25) is 0 Å². The Kier molecular flexibility index (Phi) is 7.33. The molecule has 2 N–H and O–H groups in total. The average Bonchev–Trinajstić information content (AvgIpc) is 2.75. The number of nitrogens with zero attached hydrogens (tertiary/aromatic N) is 1. The van der Waals surface area contributed by atoms with Gasteiger partial charge in [-0.15, -0.1) is 0 Å². The van der Waals surface area contributed by atoms with Gasteiger partial charge in [0.15, 0.2) is 5.16 Å². The summed E-state index contributed by atoms with van der Waals surface area (Å²) in [7, 11) is 1.72. The van der Waals surface area contributed by atoms with Crippen molar-refractivity contribution in [2.45, 2.75) is 18.0 Å². The topological polar surface area (TPSA) is 49.9 Å². The smallest absolute Gasteiger partial charge is 0.165 e. The van der Waals surface area contributed by atoms with Crippen LogP contribution in [0.15, 0.2) is 17.6 Å². The van der Waals surface area contributed by atoms with Gasteiger partial charge < -0.3 is 15.0 Å². The maximum absolute atomic E-state index is 4.94. The standard InChI is InChI=1S/C10H19N3OS/c1-14-8-7-11-4-2-3-9-15-10-12-5-6-13-10/h5-6,11H,2-4,7-9H2,1H3,(H,12,13). The fourth-order valence-corrected chi connectivity index (χ4v) is 1.98. The number of aromatic amines is 1. The van der Waals surface area contributed by atoms with Crippen LogP contribution < -0.4 is 5.32 Å². The Labute approximate surface area is 95.2 Å². The zero-order valence-corrected chi connectivity index (χ0v) is 9.98. The second-order valence-electron chi connectivity index (χ2n) is 3.19. The van der Waals surface area contributed by atoms with Gasteiger partial charge in [0.25, 0.3) is 0 Å². The van der Waals surface area contributed by atoms with Crippen LogP contribution in [0.3, 0.4) is 0 Å². The van der Waals surface area contributed by atoms with Crippen LogP contribution in [-0.2, 0) is 4.74 Å². The Bertz CT molecular complexity index is 229. The number of unbranched alkanes of at least 4 members (excludes halogenated alkanes) is 1. The molecule has 1 rings (SSSR count). The number of methoxy groups -OCH3 is 1. The lowest BCUT2D eigenvalue weighted by molar-refractivity contribution is 0.199. The SMILES string of the molecule is COCCNCCCCSc1ncc[nH]1. The highest BCUT2D eigenvalue weighted by atomic mass is 32.2. The largest absolute Gasteiger partial charge is 0.383 e. The van der Waals surface area contributed by atoms with E-state index < -0.39 is 0 Å². The molecule has 86 valence electrons. The van der Waals surface area contributed by atoms with Gasteiger partial charge in [-0.05, 0) is 19.4 Å². The third-order valence-corrected chi connectivity index (χ3v) is 2.93. The molecule has 0 aromatic carbocycles. The molecule has 15 heavy (non-hydrogen) atoms. The summed E-state index contributed by atoms with van der Waals surface area (Å²) < 4.78 is 4.94. The maximum atomic E-state index is 4.94. The quantitative estimate of drug-likeness (QED) is 0.498. The number of rotatable bonds is 9. The number of nitrogens with one attached hydrogen (secondary N) is 2. The van der Waals surface area contributed by atoms with E-state index in [4.69, 9.17) is 4.74 Å². The van der Waals surface area contributed by atoms with Crippen molar-refractivity contribution in [3.8, 4) is 0 Å². The molecule has 1 aromatic rings. The van der Waals surface area contributed by atoms with E-state index in [2.05, 4.69) is 15.3 Å². The van der Waals surface area contributed by atoms with Gasteiger partial charge in [-0.25, -0.2) is 4.98 Å². The first-order chi connectivity index (χ1) is 7.43. The van der Waals surface area contributed by atoms with E-state index in [9.17, 15) is 0 Å². The predicted octanol–water partition coefficient (Wildman–Crippen LogP) is 1.52. The summed E-state index contributed by atoms with van der Waals surface area (Å²) >= 11 is 1.78. The zero-order valence-electron chi connectivity index (χ0n) is 9.16. The molecule has 4 nitrogen and oxygen atoms in total. The van der Waals surface area contributed by atoms with Crippen LogP contribution in [0.1, 0.15) is 12.8 Å². The van der Waals surface area contributed by atoms with Crippen LogP contribution in [0, 0.1) is 0 Å². The van der Waals surface area contributed by atoms with E-state index >= 15 is 0 Å². The lowest BCUT2D eigenvalue weighted by atomic mass is 10.3. The van der Waals surface area contributed by atoms with Crippen molar-refractivity contribution in [2.24, 2.45) is 0 Å². The van der Waals surface area contributed by atoms with Crippen molar-refractivity contribution in [3.63, 3.8) is 0 Å². The lowest BCUT2D eigenvalue weighted by Gasteiger charge is -2.03. The van der Waals surface area contributed by atoms with E-state index in [0.29, 0.717) is 0 Å². The monoisotopic (exact) mass is 229 g/mol. The Morgan fingerprint density at radius 3 is 3.13 bits per heavy atom. The van der Waals surface area contributed by atoms with E-state index in [1.165, 1.54) is 12.8 Å². The molecule has 1 heterocycles. The number of thioether (sulfide) groups is 1. The van der Waals surface area contributed by atoms with E-state index in [-0.39, 0.29) is 0 Å². The highest BCUT2D eigenvalue weighted by Gasteiger charge is 1.95. The molecular weight excluding hydrogens is 210 g/mol. The Morgan fingerprint density at radius 2 is 2.40 bits per heavy atom. The molecule has 0 saturated heterocycles. The number of imidazole rings is 1. The number of hydrogen-bond acceptors (Lipinski definition) is 4. The third kappa shape index (κ3) is 6.54. The number of hydrogen-bond donors (Lipinski definition) is 2. The highest BCUT2D eigenvalue weighted by Crippen LogP contribution is 2.13. The molecular formula is C10H19N3OS. The first kappa shape index (κ1) is 12.5. The summed E-state index contributed by atoms with van der Waals surface area (Å²) in [6.07, 6.45) is 6.06. The number of ether oxygens (including phenoxy) is 1. The summed E-state index contributed by atoms with van der Waals surface area (Å²) in [6.45, 7) is 2.81. The average molecular weight is 229 g/mol. The summed E-state index contributed by atoms with van der Waals surface area (Å²) in [5.41, 5.74) is 0. The van der Waals surface area contributed by atoms with Crippen LogP contribution in [0.2, 0.25) is 0 Å². The minimum absolute atomic E-state index is 0.793. The van der Waals surface area contributed by atoms with Gasteiger partial charge in [0.05, 0.1) is 6.61 Å². The lowest BCUT2D eigenvalue weighted by Crippen LogP contribution is -2.20. The van der Waals surface area contributed by atoms with E-state index in [0.717, 1.165) is 30.6 Å². The van der Waals surface area contributed by atoms with Crippen molar-refractivity contribution >= 4 is 11.8 Å². The minimum Gasteiger partial charge on any atom is -0.383 e. The molecule has 0 unspecified atom stereocenters. The van der Waals surface area contributed by atoms with Gasteiger partial charge in [0.2, 0.25) is 0 Å². The first-order valence-corrected chi connectivity index (χ1v) is 6.24. The molecule has 0 fully saturated rings. The molecule has 0 aliphatic heterocycles. The van der Waals surface area contributed by atoms with E-state index in [1.807, 2.05) is 6.20 Å². The van der Waals surface area contributed by atoms with Crippen molar-refractivity contribution in [1.82, 2.24) is 15.3 Å². The van der Waals surface area contributed by atoms with Crippen LogP contribution >= 0.6 is 11.8 Å². The van der Waals surface area contributed by atoms with Gasteiger partial charge in [-0.1, -0.05) is 11.8 Å². The molecule has 0 atom stereocenters. The fourth-order valence-electron chi connectivity index (χ4n) is 1.15. The summed E-state index contributed by atoms with van der Waals surface area (Å²) in [4.78, 5) is 7.23. The Balaban J connectivity index is 1.81. The third-order valence-electron chi connectivity index (χ3n) is 1.94. The second-order valence-corrected chi connectivity index (χ2v) is 4.28. The highest BCUT2D eigenvalue weighted by molar-refractivity contribution is 7.99. The Hall–Kier alpha value is -0.520. The minimum atomic E-state index is 0.793. The van der Waals surface area contributed by atoms with Crippen LogP contribution in [0.5, 0.6) is 0 Å². The predicted molar refractivity (Wildman–Crippen MR) is 63.3 cm³/mol. The summed E-state index contributed by atoms with van der Waals surface area (Å²) in [6, 6.07) is 0. The number of H-pyrrole nitrogens is 1. The fraction of sp³-hybridized carbons (Fsp3) is 0.700. The summed E-state index contributed by atoms with van der Waals surface area (Å²) in [5, 5.41) is 4.34. The molecule has 0 saturated carbocycles. The molecule has 0 aliphatic carbocycles. The van der Waals surface area contributed by atoms with Crippen LogP contribution in [0.4, 0.5) is 0 Å². The van der Waals surface area contributed by atoms with Crippen molar-refractivity contribution < 1.29 is 4.74 Å². The van der Waals surface area contributed by atoms with Gasteiger partial charge in [0.1, 0.15) is 0 Å². The van der Waals surface area contributed by atoms with E-state index in [1.54, 1.807) is 25.1 Å². The van der Waals surface area contributed by atoms with Crippen molar-refractivity contribution in [2.75, 3.05) is 32.6 Å². The van der Waals surface area contributed by atoms with Gasteiger partial charge in [0, 0.05) is 31.8 Å². The molecule has 0 aliphatic rings. The summed E-state index contributed by atoms with van der Waals surface area (Å²) in [5.74, 6) is 1.12. The first-order valence-electron chi connectivity index (χ1n) is 5.25. The number of aromatic nitrogens is 2. The van der Waals surface area contributed by atoms with Crippen molar-refractivity contribution in [3.05, 3.63) is 12.4 Å². The van der Waals surface area contributed by atoms with Crippen molar-refractivity contribution in [1.29, 1.82) is 0 Å². The normalized spacial score (nSPS) is 10.7. The molecule has 0 spiro atoms. The Morgan fingerprint density at radius 1 is 1.47 bits per heavy atom. The van der Waals surface area contributed by atoms with Gasteiger partial charge >= 0.3 is 0 Å². The van der Waals surface area contributed by atoms with Gasteiger partial charge in [-0.2, -0.15) is 0 Å². The zero-order chi connectivity index (χ0) is 10.8. The van der Waals surface area contributed by atoms with Crippen LogP contribution in [0.25, 0.3) is 0 Å². The molecule has 1 aromatic heterocycles. The molecule has 0 bridgehead atoms. The molecule has 0 radical (unpaired) electrons. The molecule has 5 heteroatoms. The molecule has 0 amide bonds.